The molecule has 3 aromatic heterocycles. The molecule has 0 saturated carbocycles. The van der Waals surface area contributed by atoms with Crippen molar-refractivity contribution < 1.29 is 9.18 Å². The zero-order chi connectivity index (χ0) is 19.0. The highest BCUT2D eigenvalue weighted by molar-refractivity contribution is 7.14. The topological polar surface area (TPSA) is 81.8 Å². The molecule has 0 aliphatic heterocycles. The minimum Gasteiger partial charge on any atom is -0.317 e. The Balaban J connectivity index is 1.51. The second kappa shape index (κ2) is 6.76. The number of fused-ring (bicyclic) bond motifs is 1. The van der Waals surface area contributed by atoms with Crippen LogP contribution in [0, 0.1) is 5.82 Å². The van der Waals surface area contributed by atoms with Gasteiger partial charge in [0.1, 0.15) is 17.9 Å². The molecular formula is C18H14FN5O2S. The molecule has 4 aromatic rings. The number of hydrogen-bond donors (Lipinski definition) is 1. The molecule has 1 aromatic carbocycles. The Morgan fingerprint density at radius 2 is 2.04 bits per heavy atom. The molecule has 0 atom stereocenters. The normalized spacial score (nSPS) is 11.0. The van der Waals surface area contributed by atoms with E-state index in [2.05, 4.69) is 15.3 Å². The summed E-state index contributed by atoms with van der Waals surface area (Å²) in [6.45, 7) is -0.0544. The standard InChI is InChI=1S/C18H14FN5O2S/c1-23-7-6-13-16(17(23)26)24(10-20-13)8-15(25)22-18-21-14(9-27-18)11-2-4-12(19)5-3-11/h2-7,9-10H,8H2,1H3,(H,21,22,25). The highest BCUT2D eigenvalue weighted by atomic mass is 32.1. The molecule has 0 bridgehead atoms. The molecule has 1 N–H and O–H groups in total. The summed E-state index contributed by atoms with van der Waals surface area (Å²) in [6.07, 6.45) is 3.10. The summed E-state index contributed by atoms with van der Waals surface area (Å²) >= 11 is 1.27. The van der Waals surface area contributed by atoms with Crippen molar-refractivity contribution in [3.63, 3.8) is 0 Å². The van der Waals surface area contributed by atoms with E-state index >= 15 is 0 Å². The van der Waals surface area contributed by atoms with E-state index in [0.717, 1.165) is 5.56 Å². The molecule has 1 amide bonds. The average Bonchev–Trinajstić information content (AvgIpc) is 3.26. The lowest BCUT2D eigenvalue weighted by molar-refractivity contribution is -0.116. The van der Waals surface area contributed by atoms with Crippen molar-refractivity contribution in [2.45, 2.75) is 6.54 Å². The molecule has 0 unspecified atom stereocenters. The van der Waals surface area contributed by atoms with E-state index < -0.39 is 0 Å². The number of aryl methyl sites for hydroxylation is 1. The quantitative estimate of drug-likeness (QED) is 0.587. The molecule has 0 aliphatic carbocycles. The van der Waals surface area contributed by atoms with Gasteiger partial charge in [0.15, 0.2) is 5.13 Å². The van der Waals surface area contributed by atoms with E-state index in [1.165, 1.54) is 38.9 Å². The van der Waals surface area contributed by atoms with Crippen LogP contribution < -0.4 is 10.9 Å². The van der Waals surface area contributed by atoms with E-state index in [1.807, 2.05) is 0 Å². The van der Waals surface area contributed by atoms with Crippen LogP contribution in [0.2, 0.25) is 0 Å². The van der Waals surface area contributed by atoms with Crippen molar-refractivity contribution in [2.24, 2.45) is 7.05 Å². The smallest absolute Gasteiger partial charge is 0.276 e. The Bertz CT molecular complexity index is 1190. The molecular weight excluding hydrogens is 369 g/mol. The van der Waals surface area contributed by atoms with Crippen LogP contribution in [-0.4, -0.2) is 25.0 Å². The number of carbonyl (C=O) groups is 1. The van der Waals surface area contributed by atoms with Crippen LogP contribution in [0.4, 0.5) is 9.52 Å². The van der Waals surface area contributed by atoms with Crippen molar-refractivity contribution in [3.05, 3.63) is 64.4 Å². The number of halogens is 1. The fourth-order valence-electron chi connectivity index (χ4n) is 2.69. The molecule has 0 fully saturated rings. The van der Waals surface area contributed by atoms with E-state index in [0.29, 0.717) is 21.9 Å². The number of carbonyl (C=O) groups excluding carboxylic acids is 1. The summed E-state index contributed by atoms with van der Waals surface area (Å²) in [4.78, 5) is 33.1. The van der Waals surface area contributed by atoms with Crippen molar-refractivity contribution in [2.75, 3.05) is 5.32 Å². The fourth-order valence-corrected chi connectivity index (χ4v) is 3.42. The summed E-state index contributed by atoms with van der Waals surface area (Å²) < 4.78 is 16.0. The van der Waals surface area contributed by atoms with Crippen molar-refractivity contribution in [1.82, 2.24) is 19.1 Å². The number of rotatable bonds is 4. The second-order valence-electron chi connectivity index (χ2n) is 5.93. The number of nitrogens with one attached hydrogen (secondary N) is 1. The van der Waals surface area contributed by atoms with Gasteiger partial charge >= 0.3 is 0 Å². The lowest BCUT2D eigenvalue weighted by Gasteiger charge is -2.05. The van der Waals surface area contributed by atoms with Crippen LogP contribution in [0.25, 0.3) is 22.3 Å². The molecule has 7 nitrogen and oxygen atoms in total. The van der Waals surface area contributed by atoms with E-state index in [-0.39, 0.29) is 23.8 Å². The molecule has 27 heavy (non-hydrogen) atoms. The van der Waals surface area contributed by atoms with Gasteiger partial charge in [-0.25, -0.2) is 14.4 Å². The summed E-state index contributed by atoms with van der Waals surface area (Å²) in [5.74, 6) is -0.638. The van der Waals surface area contributed by atoms with Gasteiger partial charge in [0.25, 0.3) is 5.56 Å². The van der Waals surface area contributed by atoms with Crippen LogP contribution in [0.5, 0.6) is 0 Å². The summed E-state index contributed by atoms with van der Waals surface area (Å²) in [5, 5.41) is 4.93. The predicted molar refractivity (Wildman–Crippen MR) is 101 cm³/mol. The summed E-state index contributed by atoms with van der Waals surface area (Å²) in [7, 11) is 1.64. The first kappa shape index (κ1) is 17.1. The van der Waals surface area contributed by atoms with E-state index in [9.17, 15) is 14.0 Å². The van der Waals surface area contributed by atoms with Gasteiger partial charge in [-0.1, -0.05) is 0 Å². The van der Waals surface area contributed by atoms with Crippen LogP contribution in [0.3, 0.4) is 0 Å². The number of pyridine rings is 1. The van der Waals surface area contributed by atoms with Crippen molar-refractivity contribution in [1.29, 1.82) is 0 Å². The minimum absolute atomic E-state index is 0.0544. The maximum Gasteiger partial charge on any atom is 0.276 e. The van der Waals surface area contributed by atoms with Gasteiger partial charge in [-0.05, 0) is 30.3 Å². The van der Waals surface area contributed by atoms with Crippen LogP contribution in [0.1, 0.15) is 0 Å². The first-order chi connectivity index (χ1) is 13.0. The largest absolute Gasteiger partial charge is 0.317 e. The molecule has 0 saturated heterocycles. The summed E-state index contributed by atoms with van der Waals surface area (Å²) in [5.41, 5.74) is 2.11. The maximum atomic E-state index is 13.0. The van der Waals surface area contributed by atoms with E-state index in [4.69, 9.17) is 0 Å². The van der Waals surface area contributed by atoms with Gasteiger partial charge in [-0.15, -0.1) is 11.3 Å². The number of hydrogen-bond acceptors (Lipinski definition) is 5. The minimum atomic E-state index is -0.319. The molecule has 0 radical (unpaired) electrons. The third kappa shape index (κ3) is 3.36. The maximum absolute atomic E-state index is 13.0. The lowest BCUT2D eigenvalue weighted by Crippen LogP contribution is -2.22. The lowest BCUT2D eigenvalue weighted by atomic mass is 10.2. The van der Waals surface area contributed by atoms with E-state index in [1.54, 1.807) is 36.8 Å². The van der Waals surface area contributed by atoms with Gasteiger partial charge in [0, 0.05) is 24.2 Å². The van der Waals surface area contributed by atoms with Gasteiger partial charge in [0.2, 0.25) is 5.91 Å². The number of aromatic nitrogens is 4. The number of imidazole rings is 1. The van der Waals surface area contributed by atoms with Crippen LogP contribution in [-0.2, 0) is 18.4 Å². The molecule has 0 spiro atoms. The van der Waals surface area contributed by atoms with Crippen molar-refractivity contribution >= 4 is 33.4 Å². The number of nitrogens with zero attached hydrogens (tertiary/aromatic N) is 4. The van der Waals surface area contributed by atoms with Gasteiger partial charge in [-0.3, -0.25) is 9.59 Å². The molecule has 9 heteroatoms. The fraction of sp³-hybridized carbons (Fsp3) is 0.111. The van der Waals surface area contributed by atoms with Gasteiger partial charge < -0.3 is 14.5 Å². The number of benzene rings is 1. The van der Waals surface area contributed by atoms with Gasteiger partial charge in [0.05, 0.1) is 17.5 Å². The Morgan fingerprint density at radius 3 is 2.81 bits per heavy atom. The zero-order valence-electron chi connectivity index (χ0n) is 14.2. The predicted octanol–water partition coefficient (Wildman–Crippen LogP) is 2.64. The second-order valence-corrected chi connectivity index (χ2v) is 6.79. The first-order valence-electron chi connectivity index (χ1n) is 8.03. The molecule has 4 rings (SSSR count). The Morgan fingerprint density at radius 1 is 1.26 bits per heavy atom. The third-order valence-electron chi connectivity index (χ3n) is 4.05. The highest BCUT2D eigenvalue weighted by Crippen LogP contribution is 2.25. The number of amides is 1. The Kier molecular flexibility index (Phi) is 4.28. The highest BCUT2D eigenvalue weighted by Gasteiger charge is 2.13. The number of thiazole rings is 1. The third-order valence-corrected chi connectivity index (χ3v) is 4.81. The monoisotopic (exact) mass is 383 g/mol. The Labute approximate surface area is 156 Å². The molecule has 136 valence electrons. The van der Waals surface area contributed by atoms with Crippen molar-refractivity contribution in [3.8, 4) is 11.3 Å². The molecule has 0 aliphatic rings. The first-order valence-corrected chi connectivity index (χ1v) is 8.91. The van der Waals surface area contributed by atoms with Crippen LogP contribution >= 0.6 is 11.3 Å². The summed E-state index contributed by atoms with van der Waals surface area (Å²) in [6, 6.07) is 7.70. The van der Waals surface area contributed by atoms with Gasteiger partial charge in [-0.2, -0.15) is 0 Å². The zero-order valence-corrected chi connectivity index (χ0v) is 15.0. The molecule has 3 heterocycles. The SMILES string of the molecule is Cn1ccc2ncn(CC(=O)Nc3nc(-c4ccc(F)cc4)cs3)c2c1=O. The van der Waals surface area contributed by atoms with Crippen LogP contribution in [0.15, 0.2) is 53.0 Å². The number of anilines is 1. The Hall–Kier alpha value is -3.33. The average molecular weight is 383 g/mol.